The van der Waals surface area contributed by atoms with Gasteiger partial charge in [0, 0.05) is 31.4 Å². The first kappa shape index (κ1) is 21.2. The van der Waals surface area contributed by atoms with E-state index in [4.69, 9.17) is 9.47 Å². The number of aromatic nitrogens is 1. The van der Waals surface area contributed by atoms with Crippen molar-refractivity contribution in [2.75, 3.05) is 41.4 Å². The second-order valence-corrected chi connectivity index (χ2v) is 6.36. The third-order valence-corrected chi connectivity index (χ3v) is 4.00. The average molecular weight is 386 g/mol. The summed E-state index contributed by atoms with van der Waals surface area (Å²) < 4.78 is 10.5. The van der Waals surface area contributed by atoms with Crippen molar-refractivity contribution in [3.8, 4) is 11.5 Å². The Morgan fingerprint density at radius 3 is 2.43 bits per heavy atom. The van der Waals surface area contributed by atoms with Crippen LogP contribution in [0.3, 0.4) is 0 Å². The topological polar surface area (TPSA) is 92.8 Å². The van der Waals surface area contributed by atoms with Crippen LogP contribution < -0.4 is 20.1 Å². The molecule has 8 heteroatoms. The highest BCUT2D eigenvalue weighted by Crippen LogP contribution is 2.27. The predicted molar refractivity (Wildman–Crippen MR) is 106 cm³/mol. The molecule has 0 radical (unpaired) electrons. The number of carbonyl (C=O) groups is 2. The van der Waals surface area contributed by atoms with E-state index in [1.54, 1.807) is 32.4 Å². The molecule has 0 atom stereocenters. The van der Waals surface area contributed by atoms with Gasteiger partial charge in [0.2, 0.25) is 0 Å². The first-order valence-corrected chi connectivity index (χ1v) is 8.82. The number of benzene rings is 1. The summed E-state index contributed by atoms with van der Waals surface area (Å²) in [6, 6.07) is 8.48. The van der Waals surface area contributed by atoms with E-state index in [1.807, 2.05) is 25.1 Å². The van der Waals surface area contributed by atoms with Gasteiger partial charge in [-0.25, -0.2) is 0 Å². The van der Waals surface area contributed by atoms with Crippen molar-refractivity contribution in [2.45, 2.75) is 6.54 Å². The lowest BCUT2D eigenvalue weighted by molar-refractivity contribution is 0.0946. The van der Waals surface area contributed by atoms with Gasteiger partial charge in [-0.1, -0.05) is 6.07 Å². The van der Waals surface area contributed by atoms with Gasteiger partial charge in [0.05, 0.1) is 14.2 Å². The van der Waals surface area contributed by atoms with Crippen LogP contribution in [0.15, 0.2) is 36.5 Å². The number of rotatable bonds is 9. The number of amides is 2. The largest absolute Gasteiger partial charge is 0.493 e. The molecule has 0 aliphatic rings. The second-order valence-electron chi connectivity index (χ2n) is 6.36. The fourth-order valence-electron chi connectivity index (χ4n) is 2.45. The number of carbonyl (C=O) groups excluding carboxylic acids is 2. The third-order valence-electron chi connectivity index (χ3n) is 4.00. The monoisotopic (exact) mass is 386 g/mol. The molecule has 2 aromatic rings. The van der Waals surface area contributed by atoms with Crippen molar-refractivity contribution in [2.24, 2.45) is 0 Å². The maximum atomic E-state index is 12.4. The van der Waals surface area contributed by atoms with Gasteiger partial charge in [-0.05, 0) is 43.9 Å². The minimum atomic E-state index is -0.309. The van der Waals surface area contributed by atoms with Crippen LogP contribution >= 0.6 is 0 Å². The molecule has 0 saturated carbocycles. The number of likely N-dealkylation sites (N-methyl/N-ethyl adjacent to an activating group) is 1. The van der Waals surface area contributed by atoms with Crippen LogP contribution in [0.1, 0.15) is 26.4 Å². The van der Waals surface area contributed by atoms with Gasteiger partial charge in [-0.2, -0.15) is 0 Å². The van der Waals surface area contributed by atoms with Crippen molar-refractivity contribution >= 4 is 11.8 Å². The smallest absolute Gasteiger partial charge is 0.269 e. The fraction of sp³-hybridized carbons (Fsp3) is 0.350. The van der Waals surface area contributed by atoms with E-state index in [2.05, 4.69) is 15.6 Å². The zero-order valence-corrected chi connectivity index (χ0v) is 16.6. The van der Waals surface area contributed by atoms with Crippen LogP contribution in [0.4, 0.5) is 0 Å². The lowest BCUT2D eigenvalue weighted by Gasteiger charge is -2.11. The molecule has 1 aromatic heterocycles. The van der Waals surface area contributed by atoms with E-state index in [9.17, 15) is 9.59 Å². The van der Waals surface area contributed by atoms with Crippen molar-refractivity contribution in [1.82, 2.24) is 20.5 Å². The zero-order chi connectivity index (χ0) is 20.5. The molecule has 8 nitrogen and oxygen atoms in total. The van der Waals surface area contributed by atoms with Gasteiger partial charge >= 0.3 is 0 Å². The quantitative estimate of drug-likeness (QED) is 0.675. The molecular weight excluding hydrogens is 360 g/mol. The molecule has 0 saturated heterocycles. The van der Waals surface area contributed by atoms with Gasteiger partial charge in [0.1, 0.15) is 5.69 Å². The maximum absolute atomic E-state index is 12.4. The number of nitrogens with one attached hydrogen (secondary N) is 2. The van der Waals surface area contributed by atoms with Crippen LogP contribution in [0.2, 0.25) is 0 Å². The van der Waals surface area contributed by atoms with Crippen molar-refractivity contribution in [1.29, 1.82) is 0 Å². The summed E-state index contributed by atoms with van der Waals surface area (Å²) in [4.78, 5) is 30.6. The molecule has 0 spiro atoms. The van der Waals surface area contributed by atoms with E-state index >= 15 is 0 Å². The Kier molecular flexibility index (Phi) is 7.76. The molecule has 1 heterocycles. The molecule has 0 fully saturated rings. The summed E-state index contributed by atoms with van der Waals surface area (Å²) in [5.74, 6) is 0.613. The molecule has 2 rings (SSSR count). The number of ether oxygens (including phenoxy) is 2. The standard InChI is InChI=1S/C20H26N4O4/c1-24(2)10-9-22-20(26)16-12-15(7-8-21-16)19(25)23-13-14-5-6-17(27-3)18(11-14)28-4/h5-8,11-12H,9-10,13H2,1-4H3,(H,22,26)(H,23,25). The van der Waals surface area contributed by atoms with Crippen molar-refractivity contribution in [3.05, 3.63) is 53.3 Å². The number of nitrogens with zero attached hydrogens (tertiary/aromatic N) is 2. The summed E-state index contributed by atoms with van der Waals surface area (Å²) in [6.45, 7) is 1.53. The first-order chi connectivity index (χ1) is 13.4. The van der Waals surface area contributed by atoms with E-state index < -0.39 is 0 Å². The summed E-state index contributed by atoms with van der Waals surface area (Å²) in [6.07, 6.45) is 1.45. The Balaban J connectivity index is 1.98. The Bertz CT molecular complexity index is 824. The molecule has 0 bridgehead atoms. The number of hydrogen-bond donors (Lipinski definition) is 2. The summed E-state index contributed by atoms with van der Waals surface area (Å²) in [5.41, 5.74) is 1.44. The van der Waals surface area contributed by atoms with E-state index in [1.165, 1.54) is 12.3 Å². The molecule has 0 aliphatic carbocycles. The fourth-order valence-corrected chi connectivity index (χ4v) is 2.45. The maximum Gasteiger partial charge on any atom is 0.269 e. The summed E-state index contributed by atoms with van der Waals surface area (Å²) >= 11 is 0. The van der Waals surface area contributed by atoms with Gasteiger partial charge in [-0.15, -0.1) is 0 Å². The molecule has 1 aromatic carbocycles. The second kappa shape index (κ2) is 10.3. The van der Waals surface area contributed by atoms with Crippen LogP contribution in [0.25, 0.3) is 0 Å². The molecule has 28 heavy (non-hydrogen) atoms. The summed E-state index contributed by atoms with van der Waals surface area (Å²) in [5, 5.41) is 5.60. The predicted octanol–water partition coefficient (Wildman–Crippen LogP) is 1.32. The van der Waals surface area contributed by atoms with Gasteiger partial charge in [0.25, 0.3) is 11.8 Å². The Hall–Kier alpha value is -3.13. The van der Waals surface area contributed by atoms with Crippen molar-refractivity contribution < 1.29 is 19.1 Å². The normalized spacial score (nSPS) is 10.5. The number of methoxy groups -OCH3 is 2. The highest BCUT2D eigenvalue weighted by molar-refractivity contribution is 5.98. The van der Waals surface area contributed by atoms with Gasteiger partial charge in [-0.3, -0.25) is 14.6 Å². The lowest BCUT2D eigenvalue weighted by Crippen LogP contribution is -2.32. The summed E-state index contributed by atoms with van der Waals surface area (Å²) in [7, 11) is 6.97. The Labute approximate surface area is 164 Å². The van der Waals surface area contributed by atoms with Gasteiger partial charge < -0.3 is 25.0 Å². The molecule has 0 unspecified atom stereocenters. The van der Waals surface area contributed by atoms with Crippen LogP contribution in [0.5, 0.6) is 11.5 Å². The highest BCUT2D eigenvalue weighted by Gasteiger charge is 2.12. The van der Waals surface area contributed by atoms with Crippen LogP contribution in [-0.4, -0.2) is 63.1 Å². The van der Waals surface area contributed by atoms with E-state index in [-0.39, 0.29) is 17.5 Å². The van der Waals surface area contributed by atoms with Crippen LogP contribution in [-0.2, 0) is 6.54 Å². The zero-order valence-electron chi connectivity index (χ0n) is 16.6. The van der Waals surface area contributed by atoms with Gasteiger partial charge in [0.15, 0.2) is 11.5 Å². The Morgan fingerprint density at radius 2 is 1.75 bits per heavy atom. The molecule has 150 valence electrons. The molecular formula is C20H26N4O4. The lowest BCUT2D eigenvalue weighted by atomic mass is 10.1. The van der Waals surface area contributed by atoms with E-state index in [0.29, 0.717) is 30.2 Å². The molecule has 2 amide bonds. The third kappa shape index (κ3) is 5.95. The first-order valence-electron chi connectivity index (χ1n) is 8.82. The van der Waals surface area contributed by atoms with Crippen molar-refractivity contribution in [3.63, 3.8) is 0 Å². The Morgan fingerprint density at radius 1 is 1.00 bits per heavy atom. The minimum absolute atomic E-state index is 0.206. The molecule has 0 aliphatic heterocycles. The number of pyridine rings is 1. The molecule has 2 N–H and O–H groups in total. The highest BCUT2D eigenvalue weighted by atomic mass is 16.5. The SMILES string of the molecule is COc1ccc(CNC(=O)c2ccnc(C(=O)NCCN(C)C)c2)cc1OC. The average Bonchev–Trinajstić information content (AvgIpc) is 2.71. The van der Waals surface area contributed by atoms with Crippen LogP contribution in [0, 0.1) is 0 Å². The number of hydrogen-bond acceptors (Lipinski definition) is 6. The minimum Gasteiger partial charge on any atom is -0.493 e. The van der Waals surface area contributed by atoms with E-state index in [0.717, 1.165) is 12.1 Å².